The van der Waals surface area contributed by atoms with E-state index in [4.69, 9.17) is 4.74 Å². The van der Waals surface area contributed by atoms with Crippen molar-refractivity contribution in [3.8, 4) is 0 Å². The molecular weight excluding hydrogens is 267 g/mol. The maximum atomic E-state index is 11.8. The lowest BCUT2D eigenvalue weighted by molar-refractivity contribution is -0.149. The van der Waals surface area contributed by atoms with E-state index in [1.54, 1.807) is 0 Å². The number of hydrogen-bond acceptors (Lipinski definition) is 2. The summed E-state index contributed by atoms with van der Waals surface area (Å²) >= 11 is 0. The van der Waals surface area contributed by atoms with Gasteiger partial charge in [0.05, 0.1) is 12.5 Å². The van der Waals surface area contributed by atoms with E-state index in [1.165, 1.54) is 32.1 Å². The molecule has 0 amide bonds. The summed E-state index contributed by atoms with van der Waals surface area (Å²) in [7, 11) is 2.42. The third-order valence-corrected chi connectivity index (χ3v) is 3.47. The van der Waals surface area contributed by atoms with E-state index in [1.807, 2.05) is 6.66 Å². The van der Waals surface area contributed by atoms with E-state index in [2.05, 4.69) is 30.0 Å². The minimum absolute atomic E-state index is 0.0273. The molecule has 0 bridgehead atoms. The Balaban J connectivity index is 0. The number of rotatable bonds is 12. The maximum Gasteiger partial charge on any atom is 0.308 e. The topological polar surface area (TPSA) is 26.3 Å². The van der Waals surface area contributed by atoms with Crippen LogP contribution in [0, 0.1) is 5.92 Å². The van der Waals surface area contributed by atoms with Crippen LogP contribution in [0.3, 0.4) is 0 Å². The highest BCUT2D eigenvalue weighted by Crippen LogP contribution is 2.14. The SMILES string of the molecule is CCCCCCCCOC(=O)C(CC)CCCC.CP. The lowest BCUT2D eigenvalue weighted by atomic mass is 10.00. The average Bonchev–Trinajstić information content (AvgIpc) is 2.49. The Morgan fingerprint density at radius 2 is 1.45 bits per heavy atom. The van der Waals surface area contributed by atoms with Crippen LogP contribution >= 0.6 is 9.24 Å². The van der Waals surface area contributed by atoms with Gasteiger partial charge in [-0.05, 0) is 19.3 Å². The summed E-state index contributed by atoms with van der Waals surface area (Å²) in [5, 5.41) is 0. The molecule has 0 saturated heterocycles. The molecule has 0 N–H and O–H groups in total. The fourth-order valence-electron chi connectivity index (χ4n) is 2.11. The van der Waals surface area contributed by atoms with Gasteiger partial charge in [0, 0.05) is 0 Å². The van der Waals surface area contributed by atoms with Crippen molar-refractivity contribution in [2.45, 2.75) is 85.0 Å². The highest BCUT2D eigenvalue weighted by Gasteiger charge is 2.16. The van der Waals surface area contributed by atoms with Crippen LogP contribution in [0.2, 0.25) is 0 Å². The first kappa shape index (κ1) is 22.2. The predicted molar refractivity (Wildman–Crippen MR) is 93.3 cm³/mol. The fourth-order valence-corrected chi connectivity index (χ4v) is 2.11. The highest BCUT2D eigenvalue weighted by molar-refractivity contribution is 7.15. The molecule has 0 radical (unpaired) electrons. The predicted octanol–water partition coefficient (Wildman–Crippen LogP) is 5.60. The standard InChI is InChI=1S/C16H32O2.CH5P/c1-4-7-9-10-11-12-14-18-16(17)15(6-3)13-8-5-2;1-2/h15H,4-14H2,1-3H3;2H2,1H3. The van der Waals surface area contributed by atoms with Crippen molar-refractivity contribution in [3.63, 3.8) is 0 Å². The third-order valence-electron chi connectivity index (χ3n) is 3.47. The zero-order valence-corrected chi connectivity index (χ0v) is 15.4. The minimum atomic E-state index is 0.0273. The van der Waals surface area contributed by atoms with E-state index in [0.29, 0.717) is 6.61 Å². The summed E-state index contributed by atoms with van der Waals surface area (Å²) in [6, 6.07) is 0. The van der Waals surface area contributed by atoms with Crippen molar-refractivity contribution in [2.24, 2.45) is 5.92 Å². The van der Waals surface area contributed by atoms with Gasteiger partial charge in [-0.15, -0.1) is 9.24 Å². The monoisotopic (exact) mass is 304 g/mol. The number of carbonyl (C=O) groups excluding carboxylic acids is 1. The molecule has 0 aliphatic rings. The number of carbonyl (C=O) groups is 1. The van der Waals surface area contributed by atoms with Crippen LogP contribution < -0.4 is 0 Å². The van der Waals surface area contributed by atoms with Crippen LogP contribution in [-0.2, 0) is 9.53 Å². The molecule has 2 nitrogen and oxygen atoms in total. The Morgan fingerprint density at radius 1 is 0.900 bits per heavy atom. The van der Waals surface area contributed by atoms with Gasteiger partial charge in [0.25, 0.3) is 0 Å². The van der Waals surface area contributed by atoms with Crippen molar-refractivity contribution in [1.29, 1.82) is 0 Å². The lowest BCUT2D eigenvalue weighted by Gasteiger charge is -2.13. The smallest absolute Gasteiger partial charge is 0.308 e. The summed E-state index contributed by atoms with van der Waals surface area (Å²) in [6.45, 7) is 9.00. The maximum absolute atomic E-state index is 11.8. The van der Waals surface area contributed by atoms with Gasteiger partial charge in [-0.2, -0.15) is 0 Å². The molecule has 3 heteroatoms. The number of esters is 1. The summed E-state index contributed by atoms with van der Waals surface area (Å²) in [4.78, 5) is 11.8. The quantitative estimate of drug-likeness (QED) is 0.266. The molecule has 0 rings (SSSR count). The van der Waals surface area contributed by atoms with Gasteiger partial charge in [0.1, 0.15) is 0 Å². The molecular formula is C17H37O2P. The largest absolute Gasteiger partial charge is 0.465 e. The fraction of sp³-hybridized carbons (Fsp3) is 0.941. The summed E-state index contributed by atoms with van der Waals surface area (Å²) in [6.07, 6.45) is 11.6. The van der Waals surface area contributed by atoms with E-state index >= 15 is 0 Å². The van der Waals surface area contributed by atoms with Crippen LogP contribution in [0.15, 0.2) is 0 Å². The van der Waals surface area contributed by atoms with Crippen molar-refractivity contribution >= 4 is 15.2 Å². The Morgan fingerprint density at radius 3 is 2.00 bits per heavy atom. The Bertz CT molecular complexity index is 195. The van der Waals surface area contributed by atoms with Gasteiger partial charge in [0.15, 0.2) is 0 Å². The van der Waals surface area contributed by atoms with Crippen LogP contribution in [-0.4, -0.2) is 19.2 Å². The second-order valence-corrected chi connectivity index (χ2v) is 5.18. The molecule has 2 atom stereocenters. The van der Waals surface area contributed by atoms with Crippen molar-refractivity contribution < 1.29 is 9.53 Å². The van der Waals surface area contributed by atoms with E-state index in [0.717, 1.165) is 32.1 Å². The zero-order chi connectivity index (χ0) is 15.6. The molecule has 0 fully saturated rings. The summed E-state index contributed by atoms with van der Waals surface area (Å²) in [5.41, 5.74) is 0. The van der Waals surface area contributed by atoms with Crippen molar-refractivity contribution in [3.05, 3.63) is 0 Å². The molecule has 2 unspecified atom stereocenters. The summed E-state index contributed by atoms with van der Waals surface area (Å²) < 4.78 is 5.36. The van der Waals surface area contributed by atoms with Crippen LogP contribution in [0.5, 0.6) is 0 Å². The van der Waals surface area contributed by atoms with Gasteiger partial charge in [-0.1, -0.05) is 72.4 Å². The molecule has 0 spiro atoms. The summed E-state index contributed by atoms with van der Waals surface area (Å²) in [5.74, 6) is 0.157. The Kier molecular flexibility index (Phi) is 21.0. The number of hydrogen-bond donors (Lipinski definition) is 0. The molecule has 0 aromatic rings. The molecule has 122 valence electrons. The van der Waals surface area contributed by atoms with Crippen LogP contribution in [0.4, 0.5) is 0 Å². The second-order valence-electron chi connectivity index (χ2n) is 5.18. The Hall–Kier alpha value is -0.100. The lowest BCUT2D eigenvalue weighted by Crippen LogP contribution is -2.17. The second kappa shape index (κ2) is 18.9. The first-order chi connectivity index (χ1) is 9.76. The first-order valence-electron chi connectivity index (χ1n) is 8.50. The first-order valence-corrected chi connectivity index (χ1v) is 9.66. The highest BCUT2D eigenvalue weighted by atomic mass is 31.0. The Labute approximate surface area is 129 Å². The molecule has 0 aliphatic carbocycles. The molecule has 20 heavy (non-hydrogen) atoms. The molecule has 0 aromatic carbocycles. The molecule has 0 aliphatic heterocycles. The molecule has 0 heterocycles. The molecule has 0 aromatic heterocycles. The van der Waals surface area contributed by atoms with Crippen molar-refractivity contribution in [1.82, 2.24) is 0 Å². The van der Waals surface area contributed by atoms with Gasteiger partial charge in [-0.25, -0.2) is 0 Å². The van der Waals surface area contributed by atoms with Crippen LogP contribution in [0.1, 0.15) is 85.0 Å². The van der Waals surface area contributed by atoms with Gasteiger partial charge >= 0.3 is 5.97 Å². The van der Waals surface area contributed by atoms with Crippen molar-refractivity contribution in [2.75, 3.05) is 13.3 Å². The van der Waals surface area contributed by atoms with E-state index < -0.39 is 0 Å². The van der Waals surface area contributed by atoms with Gasteiger partial charge in [0.2, 0.25) is 0 Å². The normalized spacial score (nSPS) is 11.4. The molecule has 0 saturated carbocycles. The van der Waals surface area contributed by atoms with E-state index in [-0.39, 0.29) is 11.9 Å². The van der Waals surface area contributed by atoms with Gasteiger partial charge < -0.3 is 4.74 Å². The van der Waals surface area contributed by atoms with Gasteiger partial charge in [-0.3, -0.25) is 4.79 Å². The average molecular weight is 304 g/mol. The van der Waals surface area contributed by atoms with E-state index in [9.17, 15) is 4.79 Å². The zero-order valence-electron chi connectivity index (χ0n) is 14.2. The third kappa shape index (κ3) is 14.3. The number of ether oxygens (including phenoxy) is 1. The minimum Gasteiger partial charge on any atom is -0.465 e. The van der Waals surface area contributed by atoms with Crippen LogP contribution in [0.25, 0.3) is 0 Å². The number of unbranched alkanes of at least 4 members (excludes halogenated alkanes) is 6.